The van der Waals surface area contributed by atoms with E-state index in [1.807, 2.05) is 24.4 Å². The van der Waals surface area contributed by atoms with E-state index in [2.05, 4.69) is 44.1 Å². The van der Waals surface area contributed by atoms with Crippen molar-refractivity contribution in [3.05, 3.63) is 44.8 Å². The first-order valence-corrected chi connectivity index (χ1v) is 9.05. The fraction of sp³-hybridized carbons (Fsp3) is 0.267. The highest BCUT2D eigenvalue weighted by Gasteiger charge is 2.11. The van der Waals surface area contributed by atoms with Crippen LogP contribution in [0.3, 0.4) is 0 Å². The van der Waals surface area contributed by atoms with Crippen LogP contribution in [-0.4, -0.2) is 23.5 Å². The van der Waals surface area contributed by atoms with E-state index in [-0.39, 0.29) is 5.92 Å². The SMILES string of the molecule is Cc1csc([C@@H](C#N)C=NCCSc2ccc(Br)cc2)n1. The van der Waals surface area contributed by atoms with Gasteiger partial charge in [0.2, 0.25) is 0 Å². The summed E-state index contributed by atoms with van der Waals surface area (Å²) in [5, 5.41) is 11.9. The van der Waals surface area contributed by atoms with E-state index in [0.29, 0.717) is 6.54 Å². The van der Waals surface area contributed by atoms with Gasteiger partial charge in [-0.25, -0.2) is 4.98 Å². The topological polar surface area (TPSA) is 49.0 Å². The summed E-state index contributed by atoms with van der Waals surface area (Å²) in [5.74, 6) is 0.564. The molecule has 0 aliphatic carbocycles. The van der Waals surface area contributed by atoms with E-state index in [4.69, 9.17) is 5.26 Å². The van der Waals surface area contributed by atoms with Crippen LogP contribution in [0.1, 0.15) is 16.6 Å². The molecule has 0 aliphatic heterocycles. The Morgan fingerprint density at radius 3 is 2.86 bits per heavy atom. The largest absolute Gasteiger partial charge is 0.295 e. The Hall–Kier alpha value is -1.16. The fourth-order valence-electron chi connectivity index (χ4n) is 1.59. The van der Waals surface area contributed by atoms with Crippen molar-refractivity contribution >= 4 is 45.2 Å². The molecule has 3 nitrogen and oxygen atoms in total. The van der Waals surface area contributed by atoms with Crippen LogP contribution < -0.4 is 0 Å². The molecule has 108 valence electrons. The summed E-state index contributed by atoms with van der Waals surface area (Å²) in [6, 6.07) is 10.4. The second-order valence-electron chi connectivity index (χ2n) is 4.29. The summed E-state index contributed by atoms with van der Waals surface area (Å²) in [7, 11) is 0. The minimum absolute atomic E-state index is 0.332. The number of hydrogen-bond donors (Lipinski definition) is 0. The second kappa shape index (κ2) is 8.32. The van der Waals surface area contributed by atoms with Gasteiger partial charge in [0.15, 0.2) is 0 Å². The molecular formula is C15H14BrN3S2. The smallest absolute Gasteiger partial charge is 0.133 e. The molecule has 0 saturated carbocycles. The molecule has 2 rings (SSSR count). The van der Waals surface area contributed by atoms with Crippen LogP contribution >= 0.6 is 39.0 Å². The normalized spacial score (nSPS) is 12.4. The molecule has 1 aromatic heterocycles. The first-order chi connectivity index (χ1) is 10.2. The van der Waals surface area contributed by atoms with Crippen molar-refractivity contribution in [2.75, 3.05) is 12.3 Å². The Kier molecular flexibility index (Phi) is 6.43. The number of thioether (sulfide) groups is 1. The highest BCUT2D eigenvalue weighted by Crippen LogP contribution is 2.21. The maximum absolute atomic E-state index is 9.17. The highest BCUT2D eigenvalue weighted by atomic mass is 79.9. The molecule has 0 amide bonds. The Labute approximate surface area is 141 Å². The van der Waals surface area contributed by atoms with E-state index in [9.17, 15) is 0 Å². The maximum Gasteiger partial charge on any atom is 0.133 e. The third-order valence-electron chi connectivity index (χ3n) is 2.60. The number of rotatable bonds is 6. The number of benzene rings is 1. The fourth-order valence-corrected chi connectivity index (χ4v) is 3.42. The summed E-state index contributed by atoms with van der Waals surface area (Å²) in [4.78, 5) is 9.90. The van der Waals surface area contributed by atoms with Crippen molar-refractivity contribution in [3.63, 3.8) is 0 Å². The standard InChI is InChI=1S/C15H14BrN3S2/c1-11-10-21-15(19-11)12(8-17)9-18-6-7-20-14-4-2-13(16)3-5-14/h2-5,9-10,12H,6-7H2,1H3/t12-/m0/s1. The zero-order valence-electron chi connectivity index (χ0n) is 11.5. The van der Waals surface area contributed by atoms with Gasteiger partial charge in [-0.3, -0.25) is 4.99 Å². The molecule has 0 spiro atoms. The minimum atomic E-state index is -0.332. The van der Waals surface area contributed by atoms with Gasteiger partial charge in [-0.1, -0.05) is 15.9 Å². The molecule has 0 fully saturated rings. The summed E-state index contributed by atoms with van der Waals surface area (Å²) >= 11 is 6.69. The molecule has 6 heteroatoms. The summed E-state index contributed by atoms with van der Waals surface area (Å²) in [6.07, 6.45) is 1.71. The van der Waals surface area contributed by atoms with Gasteiger partial charge in [0, 0.05) is 39.0 Å². The Balaban J connectivity index is 1.79. The number of aliphatic imine (C=N–C) groups is 1. The van der Waals surface area contributed by atoms with Crippen molar-refractivity contribution in [1.29, 1.82) is 5.26 Å². The zero-order valence-corrected chi connectivity index (χ0v) is 14.7. The van der Waals surface area contributed by atoms with Gasteiger partial charge in [0.05, 0.1) is 6.07 Å². The molecule has 0 radical (unpaired) electrons. The van der Waals surface area contributed by atoms with Gasteiger partial charge in [-0.15, -0.1) is 23.1 Å². The summed E-state index contributed by atoms with van der Waals surface area (Å²) in [6.45, 7) is 2.63. The third-order valence-corrected chi connectivity index (χ3v) is 5.17. The number of aryl methyl sites for hydroxylation is 1. The monoisotopic (exact) mass is 379 g/mol. The van der Waals surface area contributed by atoms with Crippen LogP contribution in [-0.2, 0) is 0 Å². The Morgan fingerprint density at radius 2 is 2.24 bits per heavy atom. The molecule has 2 aromatic rings. The molecule has 0 aliphatic rings. The molecule has 0 bridgehead atoms. The van der Waals surface area contributed by atoms with Gasteiger partial charge in [0.1, 0.15) is 10.9 Å². The number of halogens is 1. The van der Waals surface area contributed by atoms with Crippen LogP contribution in [0.15, 0.2) is 44.0 Å². The lowest BCUT2D eigenvalue weighted by Gasteiger charge is -2.00. The van der Waals surface area contributed by atoms with Crippen LogP contribution in [0.4, 0.5) is 0 Å². The van der Waals surface area contributed by atoms with Crippen LogP contribution in [0.2, 0.25) is 0 Å². The molecule has 1 atom stereocenters. The lowest BCUT2D eigenvalue weighted by Crippen LogP contribution is -1.98. The number of hydrogen-bond acceptors (Lipinski definition) is 5. The van der Waals surface area contributed by atoms with Gasteiger partial charge < -0.3 is 0 Å². The van der Waals surface area contributed by atoms with Crippen LogP contribution in [0.5, 0.6) is 0 Å². The quantitative estimate of drug-likeness (QED) is 0.415. The molecule has 0 saturated heterocycles. The molecule has 0 N–H and O–H groups in total. The van der Waals surface area contributed by atoms with Gasteiger partial charge in [0.25, 0.3) is 0 Å². The first-order valence-electron chi connectivity index (χ1n) is 6.39. The summed E-state index contributed by atoms with van der Waals surface area (Å²) < 4.78 is 1.08. The molecule has 0 unspecified atom stereocenters. The van der Waals surface area contributed by atoms with Crippen molar-refractivity contribution in [2.24, 2.45) is 4.99 Å². The van der Waals surface area contributed by atoms with E-state index < -0.39 is 0 Å². The van der Waals surface area contributed by atoms with Crippen LogP contribution in [0.25, 0.3) is 0 Å². The van der Waals surface area contributed by atoms with E-state index in [1.54, 1.807) is 18.0 Å². The van der Waals surface area contributed by atoms with Crippen LogP contribution in [0, 0.1) is 18.3 Å². The molecule has 1 heterocycles. The number of aromatic nitrogens is 1. The number of nitrogens with zero attached hydrogens (tertiary/aromatic N) is 3. The zero-order chi connectivity index (χ0) is 15.1. The average molecular weight is 380 g/mol. The number of nitriles is 1. The predicted molar refractivity (Wildman–Crippen MR) is 93.4 cm³/mol. The second-order valence-corrected chi connectivity index (χ2v) is 7.27. The Morgan fingerprint density at radius 1 is 1.48 bits per heavy atom. The summed E-state index contributed by atoms with van der Waals surface area (Å²) in [5.41, 5.74) is 0.953. The molecule has 1 aromatic carbocycles. The number of thiazole rings is 1. The van der Waals surface area contributed by atoms with E-state index in [1.165, 1.54) is 16.2 Å². The van der Waals surface area contributed by atoms with Gasteiger partial charge in [-0.05, 0) is 31.2 Å². The maximum atomic E-state index is 9.17. The highest BCUT2D eigenvalue weighted by molar-refractivity contribution is 9.10. The molecular weight excluding hydrogens is 366 g/mol. The minimum Gasteiger partial charge on any atom is -0.295 e. The predicted octanol–water partition coefficient (Wildman–Crippen LogP) is 4.68. The molecule has 21 heavy (non-hydrogen) atoms. The third kappa shape index (κ3) is 5.27. The van der Waals surface area contributed by atoms with Gasteiger partial charge in [-0.2, -0.15) is 5.26 Å². The van der Waals surface area contributed by atoms with Crippen molar-refractivity contribution in [3.8, 4) is 6.07 Å². The van der Waals surface area contributed by atoms with Crippen molar-refractivity contribution < 1.29 is 0 Å². The first kappa shape index (κ1) is 16.2. The average Bonchev–Trinajstić information content (AvgIpc) is 2.91. The lowest BCUT2D eigenvalue weighted by molar-refractivity contribution is 1.06. The lowest BCUT2D eigenvalue weighted by atomic mass is 10.2. The van der Waals surface area contributed by atoms with E-state index in [0.717, 1.165) is 20.9 Å². The Bertz CT molecular complexity index is 644. The van der Waals surface area contributed by atoms with Crippen molar-refractivity contribution in [1.82, 2.24) is 4.98 Å². The van der Waals surface area contributed by atoms with E-state index >= 15 is 0 Å². The van der Waals surface area contributed by atoms with Crippen molar-refractivity contribution in [2.45, 2.75) is 17.7 Å². The van der Waals surface area contributed by atoms with Gasteiger partial charge >= 0.3 is 0 Å².